The first-order valence-corrected chi connectivity index (χ1v) is 5.69. The number of alkyl halides is 2. The van der Waals surface area contributed by atoms with Crippen molar-refractivity contribution in [3.63, 3.8) is 0 Å². The van der Waals surface area contributed by atoms with Gasteiger partial charge in [-0.25, -0.2) is 0 Å². The molecule has 0 atom stereocenters. The van der Waals surface area contributed by atoms with Crippen molar-refractivity contribution in [1.29, 1.82) is 0 Å². The standard InChI is InChI=1S/C9H8Br2F2O2/c1-2-14-7-4-5(15-9(12)13)3-6(10)8(7)11/h3-4,9H,2H2,1H3. The number of hydrogen-bond donors (Lipinski definition) is 0. The van der Waals surface area contributed by atoms with Gasteiger partial charge in [-0.3, -0.25) is 0 Å². The summed E-state index contributed by atoms with van der Waals surface area (Å²) in [5.41, 5.74) is 0. The van der Waals surface area contributed by atoms with E-state index in [9.17, 15) is 8.78 Å². The number of ether oxygens (including phenoxy) is 2. The van der Waals surface area contributed by atoms with Crippen LogP contribution in [0, 0.1) is 0 Å². The summed E-state index contributed by atoms with van der Waals surface area (Å²) < 4.78 is 34.7. The second kappa shape index (κ2) is 5.65. The monoisotopic (exact) mass is 344 g/mol. The normalized spacial score (nSPS) is 10.5. The van der Waals surface area contributed by atoms with E-state index in [-0.39, 0.29) is 5.75 Å². The van der Waals surface area contributed by atoms with Gasteiger partial charge in [-0.1, -0.05) is 0 Å². The molecule has 0 unspecified atom stereocenters. The summed E-state index contributed by atoms with van der Waals surface area (Å²) in [5, 5.41) is 0. The van der Waals surface area contributed by atoms with Gasteiger partial charge in [-0.05, 0) is 44.8 Å². The van der Waals surface area contributed by atoms with E-state index in [1.807, 2.05) is 0 Å². The molecule has 0 saturated heterocycles. The highest BCUT2D eigenvalue weighted by molar-refractivity contribution is 9.13. The Balaban J connectivity index is 3.00. The van der Waals surface area contributed by atoms with Gasteiger partial charge >= 0.3 is 6.61 Å². The second-order valence-corrected chi connectivity index (χ2v) is 4.18. The van der Waals surface area contributed by atoms with Gasteiger partial charge in [0, 0.05) is 10.5 Å². The molecule has 84 valence electrons. The predicted molar refractivity (Wildman–Crippen MR) is 59.6 cm³/mol. The Morgan fingerprint density at radius 2 is 2.00 bits per heavy atom. The average Bonchev–Trinajstić information content (AvgIpc) is 2.12. The maximum atomic E-state index is 12.0. The molecular weight excluding hydrogens is 338 g/mol. The zero-order chi connectivity index (χ0) is 11.4. The van der Waals surface area contributed by atoms with Gasteiger partial charge in [-0.2, -0.15) is 8.78 Å². The first-order valence-electron chi connectivity index (χ1n) is 4.11. The van der Waals surface area contributed by atoms with Crippen molar-refractivity contribution in [2.75, 3.05) is 6.61 Å². The van der Waals surface area contributed by atoms with Crippen LogP contribution >= 0.6 is 31.9 Å². The molecule has 1 aromatic rings. The Kier molecular flexibility index (Phi) is 4.79. The Bertz CT molecular complexity index is 345. The van der Waals surface area contributed by atoms with Gasteiger partial charge in [0.25, 0.3) is 0 Å². The highest BCUT2D eigenvalue weighted by atomic mass is 79.9. The smallest absolute Gasteiger partial charge is 0.387 e. The maximum Gasteiger partial charge on any atom is 0.387 e. The summed E-state index contributed by atoms with van der Waals surface area (Å²) >= 11 is 6.47. The third kappa shape index (κ3) is 3.61. The Hall–Kier alpha value is -0.360. The quantitative estimate of drug-likeness (QED) is 0.813. The predicted octanol–water partition coefficient (Wildman–Crippen LogP) is 4.21. The van der Waals surface area contributed by atoms with E-state index < -0.39 is 6.61 Å². The van der Waals surface area contributed by atoms with Gasteiger partial charge in [0.2, 0.25) is 0 Å². The minimum absolute atomic E-state index is 0.0588. The number of halogens is 4. The highest BCUT2D eigenvalue weighted by Crippen LogP contribution is 2.37. The Labute approximate surface area is 103 Å². The van der Waals surface area contributed by atoms with Crippen molar-refractivity contribution in [3.8, 4) is 11.5 Å². The van der Waals surface area contributed by atoms with Gasteiger partial charge in [0.05, 0.1) is 11.1 Å². The van der Waals surface area contributed by atoms with Gasteiger partial charge in [0.1, 0.15) is 11.5 Å². The average molecular weight is 346 g/mol. The molecule has 2 nitrogen and oxygen atoms in total. The summed E-state index contributed by atoms with van der Waals surface area (Å²) in [5.74, 6) is 0.519. The molecule has 0 bridgehead atoms. The van der Waals surface area contributed by atoms with Crippen LogP contribution < -0.4 is 9.47 Å². The minimum atomic E-state index is -2.84. The topological polar surface area (TPSA) is 18.5 Å². The van der Waals surface area contributed by atoms with Crippen molar-refractivity contribution in [3.05, 3.63) is 21.1 Å². The molecule has 0 aliphatic rings. The van der Waals surface area contributed by atoms with Crippen molar-refractivity contribution in [1.82, 2.24) is 0 Å². The van der Waals surface area contributed by atoms with Crippen LogP contribution in [-0.4, -0.2) is 13.2 Å². The van der Waals surface area contributed by atoms with Crippen LogP contribution in [0.2, 0.25) is 0 Å². The van der Waals surface area contributed by atoms with E-state index in [1.165, 1.54) is 12.1 Å². The second-order valence-electron chi connectivity index (χ2n) is 2.53. The molecule has 6 heteroatoms. The molecule has 0 aromatic heterocycles. The number of rotatable bonds is 4. The number of benzene rings is 1. The highest BCUT2D eigenvalue weighted by Gasteiger charge is 2.11. The van der Waals surface area contributed by atoms with E-state index in [0.29, 0.717) is 21.3 Å². The van der Waals surface area contributed by atoms with Crippen molar-refractivity contribution in [2.45, 2.75) is 13.5 Å². The largest absolute Gasteiger partial charge is 0.493 e. The van der Waals surface area contributed by atoms with E-state index in [1.54, 1.807) is 6.92 Å². The van der Waals surface area contributed by atoms with E-state index >= 15 is 0 Å². The zero-order valence-corrected chi connectivity index (χ0v) is 10.9. The molecule has 0 N–H and O–H groups in total. The molecule has 1 rings (SSSR count). The maximum absolute atomic E-state index is 12.0. The first-order chi connectivity index (χ1) is 7.04. The van der Waals surface area contributed by atoms with Crippen LogP contribution in [0.5, 0.6) is 11.5 Å². The lowest BCUT2D eigenvalue weighted by atomic mass is 10.3. The van der Waals surface area contributed by atoms with Gasteiger partial charge in [-0.15, -0.1) is 0 Å². The van der Waals surface area contributed by atoms with Crippen LogP contribution in [0.25, 0.3) is 0 Å². The lowest BCUT2D eigenvalue weighted by Gasteiger charge is -2.11. The van der Waals surface area contributed by atoms with Crippen molar-refractivity contribution >= 4 is 31.9 Å². The van der Waals surface area contributed by atoms with Crippen LogP contribution in [0.3, 0.4) is 0 Å². The Morgan fingerprint density at radius 3 is 2.53 bits per heavy atom. The molecule has 1 aromatic carbocycles. The van der Waals surface area contributed by atoms with Crippen LogP contribution in [0.1, 0.15) is 6.92 Å². The van der Waals surface area contributed by atoms with Crippen LogP contribution in [0.15, 0.2) is 21.1 Å². The SMILES string of the molecule is CCOc1cc(OC(F)F)cc(Br)c1Br. The lowest BCUT2D eigenvalue weighted by Crippen LogP contribution is -2.02. The molecule has 0 amide bonds. The third-order valence-corrected chi connectivity index (χ3v) is 3.47. The van der Waals surface area contributed by atoms with Crippen LogP contribution in [0.4, 0.5) is 8.78 Å². The summed E-state index contributed by atoms with van der Waals surface area (Å²) in [7, 11) is 0. The van der Waals surface area contributed by atoms with E-state index in [4.69, 9.17) is 4.74 Å². The molecule has 0 saturated carbocycles. The van der Waals surface area contributed by atoms with Gasteiger partial charge in [0.15, 0.2) is 0 Å². The fourth-order valence-corrected chi connectivity index (χ4v) is 1.74. The molecule has 15 heavy (non-hydrogen) atoms. The summed E-state index contributed by atoms with van der Waals surface area (Å²) in [6, 6.07) is 2.85. The summed E-state index contributed by atoms with van der Waals surface area (Å²) in [6.45, 7) is -0.586. The van der Waals surface area contributed by atoms with Crippen molar-refractivity contribution in [2.24, 2.45) is 0 Å². The minimum Gasteiger partial charge on any atom is -0.493 e. The molecule has 0 heterocycles. The fourth-order valence-electron chi connectivity index (χ4n) is 0.972. The fraction of sp³-hybridized carbons (Fsp3) is 0.333. The van der Waals surface area contributed by atoms with Gasteiger partial charge < -0.3 is 9.47 Å². The third-order valence-electron chi connectivity index (χ3n) is 1.49. The zero-order valence-electron chi connectivity index (χ0n) is 7.77. The molecule has 0 aliphatic heterocycles. The molecule has 0 radical (unpaired) electrons. The lowest BCUT2D eigenvalue weighted by molar-refractivity contribution is -0.0499. The molecular formula is C9H8Br2F2O2. The summed E-state index contributed by atoms with van der Waals surface area (Å²) in [6.07, 6.45) is 0. The molecule has 0 spiro atoms. The van der Waals surface area contributed by atoms with Crippen LogP contribution in [-0.2, 0) is 0 Å². The molecule has 0 aliphatic carbocycles. The molecule has 0 fully saturated rings. The van der Waals surface area contributed by atoms with E-state index in [2.05, 4.69) is 36.6 Å². The first kappa shape index (κ1) is 12.7. The Morgan fingerprint density at radius 1 is 1.33 bits per heavy atom. The van der Waals surface area contributed by atoms with Crippen molar-refractivity contribution < 1.29 is 18.3 Å². The number of hydrogen-bond acceptors (Lipinski definition) is 2. The summed E-state index contributed by atoms with van der Waals surface area (Å²) in [4.78, 5) is 0. The van der Waals surface area contributed by atoms with E-state index in [0.717, 1.165) is 0 Å².